The average Bonchev–Trinajstić information content (AvgIpc) is 2.45. The normalized spacial score (nSPS) is 20.0. The molecule has 1 aromatic rings. The van der Waals surface area contributed by atoms with Gasteiger partial charge in [0.05, 0.1) is 0 Å². The number of alkyl halides is 3. The van der Waals surface area contributed by atoms with E-state index in [9.17, 15) is 18.0 Å². The first kappa shape index (κ1) is 15.7. The summed E-state index contributed by atoms with van der Waals surface area (Å²) < 4.78 is 41.7. The molecule has 1 amide bonds. The summed E-state index contributed by atoms with van der Waals surface area (Å²) in [4.78, 5) is 18.9. The van der Waals surface area contributed by atoms with Crippen molar-refractivity contribution in [2.24, 2.45) is 11.7 Å². The van der Waals surface area contributed by atoms with Gasteiger partial charge in [-0.25, -0.2) is 9.97 Å². The highest BCUT2D eigenvalue weighted by Crippen LogP contribution is 2.50. The summed E-state index contributed by atoms with van der Waals surface area (Å²) in [5.74, 6) is -2.14. The molecule has 0 spiro atoms. The second-order valence-electron chi connectivity index (χ2n) is 5.21. The summed E-state index contributed by atoms with van der Waals surface area (Å²) in [6.45, 7) is 0.933. The summed E-state index contributed by atoms with van der Waals surface area (Å²) in [5.41, 5.74) is 2.69. The molecule has 0 bridgehead atoms. The van der Waals surface area contributed by atoms with E-state index in [1.165, 1.54) is 18.5 Å². The molecule has 1 aromatic heterocycles. The first-order chi connectivity index (χ1) is 9.88. The third-order valence-electron chi connectivity index (χ3n) is 3.96. The molecule has 2 rings (SSSR count). The molecule has 1 atom stereocenters. The number of amides is 1. The molecule has 1 aliphatic rings. The number of hydrogen-bond acceptors (Lipinski definition) is 4. The zero-order valence-corrected chi connectivity index (χ0v) is 11.4. The maximum Gasteiger partial charge on any atom is 0.402 e. The fourth-order valence-corrected chi connectivity index (χ4v) is 2.98. The minimum absolute atomic E-state index is 0.297. The Hall–Kier alpha value is -1.70. The van der Waals surface area contributed by atoms with Crippen LogP contribution >= 0.6 is 0 Å². The zero-order valence-electron chi connectivity index (χ0n) is 11.4. The van der Waals surface area contributed by atoms with Gasteiger partial charge in [-0.05, 0) is 37.9 Å². The molecule has 0 aliphatic carbocycles. The number of aromatic nitrogens is 2. The van der Waals surface area contributed by atoms with Gasteiger partial charge in [0.1, 0.15) is 11.2 Å². The molecule has 8 heteroatoms. The molecule has 0 saturated carbocycles. The van der Waals surface area contributed by atoms with Gasteiger partial charge in [0.2, 0.25) is 5.91 Å². The molecule has 2 heterocycles. The average molecular weight is 302 g/mol. The number of nitrogens with one attached hydrogen (secondary N) is 1. The van der Waals surface area contributed by atoms with E-state index < -0.39 is 29.8 Å². The number of carbonyl (C=O) groups excluding carboxylic acids is 1. The number of nitrogens with zero attached hydrogens (tertiary/aromatic N) is 2. The Morgan fingerprint density at radius 2 is 1.86 bits per heavy atom. The molecular weight excluding hydrogens is 285 g/mol. The highest BCUT2D eigenvalue weighted by molar-refractivity contribution is 5.75. The predicted octanol–water partition coefficient (Wildman–Crippen LogP) is 1.15. The molecule has 116 valence electrons. The molecule has 1 saturated heterocycles. The van der Waals surface area contributed by atoms with Crippen LogP contribution in [0.3, 0.4) is 0 Å². The van der Waals surface area contributed by atoms with E-state index in [0.717, 1.165) is 0 Å². The molecule has 1 unspecified atom stereocenters. The van der Waals surface area contributed by atoms with Gasteiger partial charge in [-0.15, -0.1) is 0 Å². The van der Waals surface area contributed by atoms with Crippen LogP contribution in [0.2, 0.25) is 0 Å². The van der Waals surface area contributed by atoms with E-state index in [-0.39, 0.29) is 5.82 Å². The Balaban J connectivity index is 2.55. The van der Waals surface area contributed by atoms with Crippen LogP contribution in [0.15, 0.2) is 18.5 Å². The van der Waals surface area contributed by atoms with Crippen LogP contribution in [0.1, 0.15) is 25.1 Å². The van der Waals surface area contributed by atoms with Crippen LogP contribution in [0, 0.1) is 5.92 Å². The van der Waals surface area contributed by atoms with Crippen LogP contribution in [-0.2, 0) is 10.2 Å². The van der Waals surface area contributed by atoms with Crippen molar-refractivity contribution in [1.82, 2.24) is 15.3 Å². The lowest BCUT2D eigenvalue weighted by molar-refractivity contribution is -0.214. The minimum Gasteiger partial charge on any atom is -0.370 e. The largest absolute Gasteiger partial charge is 0.402 e. The van der Waals surface area contributed by atoms with E-state index in [0.29, 0.717) is 25.9 Å². The number of rotatable bonds is 4. The fourth-order valence-electron chi connectivity index (χ4n) is 2.98. The highest BCUT2D eigenvalue weighted by Gasteiger charge is 2.62. The van der Waals surface area contributed by atoms with Crippen LogP contribution in [-0.4, -0.2) is 35.1 Å². The first-order valence-corrected chi connectivity index (χ1v) is 6.71. The fraction of sp³-hybridized carbons (Fsp3) is 0.615. The third kappa shape index (κ3) is 2.99. The van der Waals surface area contributed by atoms with Crippen molar-refractivity contribution in [1.29, 1.82) is 0 Å². The number of halogens is 3. The molecular formula is C13H17F3N4O. The van der Waals surface area contributed by atoms with Crippen molar-refractivity contribution < 1.29 is 18.0 Å². The zero-order chi connectivity index (χ0) is 15.5. The van der Waals surface area contributed by atoms with Crippen LogP contribution in [0.25, 0.3) is 0 Å². The smallest absolute Gasteiger partial charge is 0.370 e. The topological polar surface area (TPSA) is 80.9 Å². The predicted molar refractivity (Wildman–Crippen MR) is 69.2 cm³/mol. The van der Waals surface area contributed by atoms with E-state index in [1.54, 1.807) is 0 Å². The Morgan fingerprint density at radius 1 is 1.29 bits per heavy atom. The lowest BCUT2D eigenvalue weighted by atomic mass is 9.67. The second-order valence-corrected chi connectivity index (χ2v) is 5.21. The molecule has 0 aromatic carbocycles. The van der Waals surface area contributed by atoms with Gasteiger partial charge in [0.15, 0.2) is 0 Å². The standard InChI is InChI=1S/C13H17F3N4O/c14-13(15,16)12(8-10(17)21,9-2-6-18-7-3-9)11-19-4-1-5-20-11/h1,4-5,9,18H,2-3,6-8H2,(H2,17,21). The van der Waals surface area contributed by atoms with Crippen molar-refractivity contribution in [2.45, 2.75) is 30.9 Å². The van der Waals surface area contributed by atoms with Crippen molar-refractivity contribution in [2.75, 3.05) is 13.1 Å². The quantitative estimate of drug-likeness (QED) is 0.874. The Kier molecular flexibility index (Phi) is 4.46. The molecule has 1 aliphatic heterocycles. The Morgan fingerprint density at radius 3 is 2.33 bits per heavy atom. The Labute approximate surface area is 120 Å². The summed E-state index contributed by atoms with van der Waals surface area (Å²) in [7, 11) is 0. The summed E-state index contributed by atoms with van der Waals surface area (Å²) >= 11 is 0. The van der Waals surface area contributed by atoms with E-state index in [1.807, 2.05) is 0 Å². The summed E-state index contributed by atoms with van der Waals surface area (Å²) in [5, 5.41) is 3.02. The van der Waals surface area contributed by atoms with Crippen molar-refractivity contribution >= 4 is 5.91 Å². The maximum atomic E-state index is 13.9. The number of hydrogen-bond donors (Lipinski definition) is 2. The molecule has 0 radical (unpaired) electrons. The molecule has 3 N–H and O–H groups in total. The molecule has 21 heavy (non-hydrogen) atoms. The number of piperidine rings is 1. The molecule has 5 nitrogen and oxygen atoms in total. The monoisotopic (exact) mass is 302 g/mol. The lowest BCUT2D eigenvalue weighted by Crippen LogP contribution is -2.54. The van der Waals surface area contributed by atoms with Gasteiger partial charge < -0.3 is 11.1 Å². The molecule has 1 fully saturated rings. The van der Waals surface area contributed by atoms with E-state index in [2.05, 4.69) is 15.3 Å². The van der Waals surface area contributed by atoms with Gasteiger partial charge in [-0.2, -0.15) is 13.2 Å². The highest BCUT2D eigenvalue weighted by atomic mass is 19.4. The number of carbonyl (C=O) groups is 1. The number of nitrogens with two attached hydrogens (primary N) is 1. The van der Waals surface area contributed by atoms with Crippen LogP contribution in [0.5, 0.6) is 0 Å². The Bertz CT molecular complexity index is 488. The SMILES string of the molecule is NC(=O)CC(c1ncccn1)(C1CCNCC1)C(F)(F)F. The van der Waals surface area contributed by atoms with Crippen LogP contribution < -0.4 is 11.1 Å². The van der Waals surface area contributed by atoms with Crippen molar-refractivity contribution in [3.63, 3.8) is 0 Å². The van der Waals surface area contributed by atoms with Gasteiger partial charge in [-0.1, -0.05) is 0 Å². The van der Waals surface area contributed by atoms with Gasteiger partial charge in [-0.3, -0.25) is 4.79 Å². The first-order valence-electron chi connectivity index (χ1n) is 6.71. The van der Waals surface area contributed by atoms with Gasteiger partial charge in [0.25, 0.3) is 0 Å². The van der Waals surface area contributed by atoms with Crippen molar-refractivity contribution in [3.05, 3.63) is 24.3 Å². The van der Waals surface area contributed by atoms with Gasteiger partial charge >= 0.3 is 6.18 Å². The second kappa shape index (κ2) is 5.97. The lowest BCUT2D eigenvalue weighted by Gasteiger charge is -2.42. The summed E-state index contributed by atoms with van der Waals surface area (Å²) in [6, 6.07) is 1.44. The third-order valence-corrected chi connectivity index (χ3v) is 3.96. The number of primary amides is 1. The van der Waals surface area contributed by atoms with Crippen molar-refractivity contribution in [3.8, 4) is 0 Å². The maximum absolute atomic E-state index is 13.9. The summed E-state index contributed by atoms with van der Waals surface area (Å²) in [6.07, 6.45) is -2.37. The van der Waals surface area contributed by atoms with E-state index in [4.69, 9.17) is 5.73 Å². The van der Waals surface area contributed by atoms with Crippen LogP contribution in [0.4, 0.5) is 13.2 Å². The van der Waals surface area contributed by atoms with Gasteiger partial charge in [0, 0.05) is 18.8 Å². The minimum atomic E-state index is -4.65. The van der Waals surface area contributed by atoms with E-state index >= 15 is 0 Å².